The van der Waals surface area contributed by atoms with E-state index in [2.05, 4.69) is 0 Å². The molecule has 2 N–H and O–H groups in total. The highest BCUT2D eigenvalue weighted by Crippen LogP contribution is 2.22. The largest absolute Gasteiger partial charge is 0.479 e. The number of rotatable bonds is 2. The first-order valence-corrected chi connectivity index (χ1v) is 4.78. The maximum absolute atomic E-state index is 10.5. The summed E-state index contributed by atoms with van der Waals surface area (Å²) in [5, 5.41) is 17.9. The monoisotopic (exact) mass is 292 g/mol. The van der Waals surface area contributed by atoms with Gasteiger partial charge in [-0.1, -0.05) is 18.2 Å². The van der Waals surface area contributed by atoms with E-state index in [0.29, 0.717) is 5.56 Å². The van der Waals surface area contributed by atoms with Gasteiger partial charge in [0.25, 0.3) is 0 Å². The molecular weight excluding hydrogens is 283 g/mol. The molecule has 3 nitrogen and oxygen atoms in total. The minimum absolute atomic E-state index is 0.452. The molecule has 13 heavy (non-hydrogen) atoms. The second kappa shape index (κ2) is 4.06. The third-order valence-electron chi connectivity index (χ3n) is 1.75. The van der Waals surface area contributed by atoms with Crippen LogP contribution in [0.15, 0.2) is 18.2 Å². The van der Waals surface area contributed by atoms with Crippen molar-refractivity contribution in [1.82, 2.24) is 0 Å². The van der Waals surface area contributed by atoms with E-state index in [4.69, 9.17) is 5.11 Å². The molecule has 1 unspecified atom stereocenters. The standard InChI is InChI=1S/C9H9IO3/c1-5-3-2-4-6(7(5)10)8(11)9(12)13/h2-4,8,11H,1H3,(H,12,13). The van der Waals surface area contributed by atoms with E-state index in [1.807, 2.05) is 35.6 Å². The van der Waals surface area contributed by atoms with Crippen LogP contribution in [0, 0.1) is 10.5 Å². The van der Waals surface area contributed by atoms with Crippen LogP contribution in [0.2, 0.25) is 0 Å². The molecule has 70 valence electrons. The number of aryl methyl sites for hydroxylation is 1. The molecule has 0 amide bonds. The first-order valence-electron chi connectivity index (χ1n) is 3.70. The van der Waals surface area contributed by atoms with Crippen LogP contribution in [0.4, 0.5) is 0 Å². The molecule has 0 bridgehead atoms. The lowest BCUT2D eigenvalue weighted by Gasteiger charge is -2.09. The highest BCUT2D eigenvalue weighted by molar-refractivity contribution is 14.1. The number of halogens is 1. The topological polar surface area (TPSA) is 57.5 Å². The van der Waals surface area contributed by atoms with Crippen LogP contribution in [0.3, 0.4) is 0 Å². The zero-order valence-corrected chi connectivity index (χ0v) is 9.15. The van der Waals surface area contributed by atoms with Crippen molar-refractivity contribution in [3.63, 3.8) is 0 Å². The second-order valence-corrected chi connectivity index (χ2v) is 3.80. The molecule has 1 rings (SSSR count). The molecule has 0 fully saturated rings. The van der Waals surface area contributed by atoms with Gasteiger partial charge in [0.2, 0.25) is 0 Å². The van der Waals surface area contributed by atoms with Gasteiger partial charge in [-0.15, -0.1) is 0 Å². The highest BCUT2D eigenvalue weighted by atomic mass is 127. The van der Waals surface area contributed by atoms with Gasteiger partial charge in [0, 0.05) is 9.13 Å². The van der Waals surface area contributed by atoms with E-state index < -0.39 is 12.1 Å². The van der Waals surface area contributed by atoms with E-state index in [1.54, 1.807) is 12.1 Å². The Morgan fingerprint density at radius 2 is 2.15 bits per heavy atom. The van der Waals surface area contributed by atoms with Crippen LogP contribution >= 0.6 is 22.6 Å². The summed E-state index contributed by atoms with van der Waals surface area (Å²) in [6.45, 7) is 1.87. The van der Waals surface area contributed by atoms with Gasteiger partial charge in [0.1, 0.15) is 0 Å². The lowest BCUT2D eigenvalue weighted by Crippen LogP contribution is -2.12. The van der Waals surface area contributed by atoms with Crippen molar-refractivity contribution in [2.45, 2.75) is 13.0 Å². The predicted molar refractivity (Wildman–Crippen MR) is 56.5 cm³/mol. The summed E-state index contributed by atoms with van der Waals surface area (Å²) in [5.74, 6) is -1.22. The lowest BCUT2D eigenvalue weighted by atomic mass is 10.1. The van der Waals surface area contributed by atoms with Crippen molar-refractivity contribution in [2.24, 2.45) is 0 Å². The van der Waals surface area contributed by atoms with Crippen molar-refractivity contribution >= 4 is 28.6 Å². The number of aliphatic hydroxyl groups excluding tert-OH is 1. The van der Waals surface area contributed by atoms with Gasteiger partial charge in [0.05, 0.1) is 0 Å². The van der Waals surface area contributed by atoms with Crippen LogP contribution in [0.5, 0.6) is 0 Å². The molecule has 0 spiro atoms. The van der Waals surface area contributed by atoms with Crippen LogP contribution in [0.1, 0.15) is 17.2 Å². The van der Waals surface area contributed by atoms with E-state index in [-0.39, 0.29) is 0 Å². The Hall–Kier alpha value is -0.620. The molecule has 4 heteroatoms. The number of carboxylic acid groups (broad SMARTS) is 1. The molecule has 0 aliphatic rings. The molecule has 0 aromatic heterocycles. The number of hydrogen-bond donors (Lipinski definition) is 2. The Labute approximate surface area is 89.5 Å². The van der Waals surface area contributed by atoms with Gasteiger partial charge in [-0.05, 0) is 35.1 Å². The Morgan fingerprint density at radius 3 is 2.69 bits per heavy atom. The SMILES string of the molecule is Cc1cccc(C(O)C(=O)O)c1I. The first kappa shape index (κ1) is 10.5. The quantitative estimate of drug-likeness (QED) is 0.816. The number of benzene rings is 1. The van der Waals surface area contributed by atoms with E-state index in [0.717, 1.165) is 9.13 Å². The molecule has 1 atom stereocenters. The van der Waals surface area contributed by atoms with Crippen LogP contribution < -0.4 is 0 Å². The summed E-state index contributed by atoms with van der Waals surface area (Å²) in [4.78, 5) is 10.5. The van der Waals surface area contributed by atoms with Gasteiger partial charge in [-0.2, -0.15) is 0 Å². The van der Waals surface area contributed by atoms with Gasteiger partial charge < -0.3 is 10.2 Å². The molecule has 0 aliphatic heterocycles. The lowest BCUT2D eigenvalue weighted by molar-refractivity contribution is -0.147. The molecule has 0 radical (unpaired) electrons. The van der Waals surface area contributed by atoms with Gasteiger partial charge >= 0.3 is 5.97 Å². The van der Waals surface area contributed by atoms with E-state index in [1.165, 1.54) is 0 Å². The van der Waals surface area contributed by atoms with Crippen molar-refractivity contribution in [1.29, 1.82) is 0 Å². The van der Waals surface area contributed by atoms with Crippen molar-refractivity contribution in [3.05, 3.63) is 32.9 Å². The van der Waals surface area contributed by atoms with Crippen LogP contribution in [0.25, 0.3) is 0 Å². The molecule has 0 saturated carbocycles. The fourth-order valence-corrected chi connectivity index (χ4v) is 1.67. The highest BCUT2D eigenvalue weighted by Gasteiger charge is 2.18. The number of carboxylic acids is 1. The van der Waals surface area contributed by atoms with Crippen LogP contribution in [-0.4, -0.2) is 16.2 Å². The summed E-state index contributed by atoms with van der Waals surface area (Å²) in [7, 11) is 0. The van der Waals surface area contributed by atoms with Crippen molar-refractivity contribution < 1.29 is 15.0 Å². The number of aliphatic hydroxyl groups is 1. The Bertz CT molecular complexity index is 336. The van der Waals surface area contributed by atoms with Crippen molar-refractivity contribution in [2.75, 3.05) is 0 Å². The summed E-state index contributed by atoms with van der Waals surface area (Å²) < 4.78 is 0.801. The summed E-state index contributed by atoms with van der Waals surface area (Å²) in [5.41, 5.74) is 1.42. The minimum atomic E-state index is -1.42. The second-order valence-electron chi connectivity index (χ2n) is 2.72. The maximum atomic E-state index is 10.5. The average molecular weight is 292 g/mol. The summed E-state index contributed by atoms with van der Waals surface area (Å²) >= 11 is 2.03. The molecule has 0 saturated heterocycles. The number of aliphatic carboxylic acids is 1. The summed E-state index contributed by atoms with van der Waals surface area (Å²) in [6, 6.07) is 5.23. The smallest absolute Gasteiger partial charge is 0.337 e. The third-order valence-corrected chi connectivity index (χ3v) is 3.22. The Morgan fingerprint density at radius 1 is 1.54 bits per heavy atom. The van der Waals surface area contributed by atoms with Gasteiger partial charge in [-0.25, -0.2) is 4.79 Å². The zero-order valence-electron chi connectivity index (χ0n) is 6.99. The Kier molecular flexibility index (Phi) is 3.27. The normalized spacial score (nSPS) is 12.5. The zero-order chi connectivity index (χ0) is 10.0. The predicted octanol–water partition coefficient (Wildman–Crippen LogP) is 1.72. The fraction of sp³-hybridized carbons (Fsp3) is 0.222. The average Bonchev–Trinajstić information content (AvgIpc) is 2.08. The molecule has 1 aromatic rings. The van der Waals surface area contributed by atoms with E-state index >= 15 is 0 Å². The van der Waals surface area contributed by atoms with Gasteiger partial charge in [-0.3, -0.25) is 0 Å². The minimum Gasteiger partial charge on any atom is -0.479 e. The summed E-state index contributed by atoms with van der Waals surface area (Å²) in [6.07, 6.45) is -1.42. The van der Waals surface area contributed by atoms with Gasteiger partial charge in [0.15, 0.2) is 6.10 Å². The molecule has 0 aliphatic carbocycles. The van der Waals surface area contributed by atoms with E-state index in [9.17, 15) is 9.90 Å². The maximum Gasteiger partial charge on any atom is 0.337 e. The number of hydrogen-bond acceptors (Lipinski definition) is 2. The third kappa shape index (κ3) is 2.19. The Balaban J connectivity index is 3.15. The first-order chi connectivity index (χ1) is 6.04. The number of carbonyl (C=O) groups is 1. The van der Waals surface area contributed by atoms with Crippen molar-refractivity contribution in [3.8, 4) is 0 Å². The fourth-order valence-electron chi connectivity index (χ4n) is 1.01. The molecule has 0 heterocycles. The molecule has 1 aromatic carbocycles. The van der Waals surface area contributed by atoms with Crippen LogP contribution in [-0.2, 0) is 4.79 Å². The molecular formula is C9H9IO3.